The minimum absolute atomic E-state index is 0.144. The Morgan fingerprint density at radius 3 is 2.30 bits per heavy atom. The molecule has 1 saturated heterocycles. The molecule has 6 nitrogen and oxygen atoms in total. The molecule has 8 heteroatoms. The Bertz CT molecular complexity index is 1460. The lowest BCUT2D eigenvalue weighted by Gasteiger charge is -2.30. The van der Waals surface area contributed by atoms with Crippen LogP contribution in [0, 0.1) is 26.7 Å². The molecule has 3 aromatic rings. The maximum Gasteiger partial charge on any atom is 0.254 e. The van der Waals surface area contributed by atoms with Crippen LogP contribution < -0.4 is 4.74 Å². The summed E-state index contributed by atoms with van der Waals surface area (Å²) in [4.78, 5) is 15.5. The fourth-order valence-electron chi connectivity index (χ4n) is 5.24. The largest absolute Gasteiger partial charge is 0.488 e. The van der Waals surface area contributed by atoms with Gasteiger partial charge in [0.1, 0.15) is 12.4 Å². The molecule has 1 fully saturated rings. The number of rotatable bonds is 9. The summed E-state index contributed by atoms with van der Waals surface area (Å²) in [7, 11) is -3.71. The Balaban J connectivity index is 1.51. The van der Waals surface area contributed by atoms with Crippen molar-refractivity contribution < 1.29 is 17.9 Å². The van der Waals surface area contributed by atoms with E-state index in [0.717, 1.165) is 40.8 Å². The quantitative estimate of drug-likeness (QED) is 0.256. The summed E-state index contributed by atoms with van der Waals surface area (Å²) >= 11 is 3.41. The average molecular weight is 628 g/mol. The molecule has 4 rings (SSSR count). The first-order valence-electron chi connectivity index (χ1n) is 13.9. The summed E-state index contributed by atoms with van der Waals surface area (Å²) in [5, 5.41) is 0. The molecule has 1 amide bonds. The smallest absolute Gasteiger partial charge is 0.254 e. The van der Waals surface area contributed by atoms with E-state index in [-0.39, 0.29) is 10.8 Å². The van der Waals surface area contributed by atoms with E-state index in [4.69, 9.17) is 4.74 Å². The molecule has 0 aliphatic carbocycles. The molecule has 0 bridgehead atoms. The van der Waals surface area contributed by atoms with Gasteiger partial charge in [-0.15, -0.1) is 0 Å². The molecule has 0 spiro atoms. The molecule has 0 saturated carbocycles. The number of aryl methyl sites for hydroxylation is 3. The van der Waals surface area contributed by atoms with Gasteiger partial charge in [-0.05, 0) is 103 Å². The van der Waals surface area contributed by atoms with E-state index in [1.807, 2.05) is 26.8 Å². The lowest BCUT2D eigenvalue weighted by atomic mass is 10.0. The summed E-state index contributed by atoms with van der Waals surface area (Å²) in [6.45, 7) is 12.6. The summed E-state index contributed by atoms with van der Waals surface area (Å²) < 4.78 is 35.1. The molecule has 0 N–H and O–H groups in total. The van der Waals surface area contributed by atoms with Gasteiger partial charge in [-0.3, -0.25) is 4.79 Å². The van der Waals surface area contributed by atoms with Gasteiger partial charge >= 0.3 is 0 Å². The predicted octanol–water partition coefficient (Wildman–Crippen LogP) is 7.04. The third-order valence-electron chi connectivity index (χ3n) is 7.57. The number of hydrogen-bond donors (Lipinski definition) is 0. The highest BCUT2D eigenvalue weighted by Gasteiger charge is 2.30. The zero-order chi connectivity index (χ0) is 29.0. The second-order valence-corrected chi connectivity index (χ2v) is 13.6. The van der Waals surface area contributed by atoms with Gasteiger partial charge in [0.15, 0.2) is 0 Å². The fraction of sp³-hybridized carbons (Fsp3) is 0.406. The standard InChI is InChI=1S/C32H39BrN2O4S/c1-6-34(20-27-17-24(4)31(25(5)18-27)39-21-26-9-7-8-23(3)16-26)32(36)28-10-11-29(33)30(19-28)40(37,38)35-14-12-22(2)13-15-35/h7-11,16-19,22H,6,12-15,20-21H2,1-5H3. The number of halogens is 1. The van der Waals surface area contributed by atoms with Gasteiger partial charge in [0.25, 0.3) is 5.91 Å². The number of piperidine rings is 1. The van der Waals surface area contributed by atoms with Crippen molar-refractivity contribution in [1.29, 1.82) is 0 Å². The number of carbonyl (C=O) groups excluding carboxylic acids is 1. The van der Waals surface area contributed by atoms with Crippen molar-refractivity contribution in [3.8, 4) is 5.75 Å². The van der Waals surface area contributed by atoms with Crippen LogP contribution in [0.4, 0.5) is 0 Å². The normalized spacial score (nSPS) is 14.8. The highest BCUT2D eigenvalue weighted by molar-refractivity contribution is 9.10. The summed E-state index contributed by atoms with van der Waals surface area (Å²) in [6.07, 6.45) is 1.68. The van der Waals surface area contributed by atoms with Crippen molar-refractivity contribution in [3.05, 3.63) is 92.5 Å². The Kier molecular flexibility index (Phi) is 9.75. The third-order valence-corrected chi connectivity index (χ3v) is 10.5. The minimum atomic E-state index is -3.71. The van der Waals surface area contributed by atoms with Gasteiger partial charge < -0.3 is 9.64 Å². The Labute approximate surface area is 247 Å². The number of carbonyl (C=O) groups is 1. The zero-order valence-corrected chi connectivity index (χ0v) is 26.4. The van der Waals surface area contributed by atoms with E-state index < -0.39 is 10.0 Å². The second kappa shape index (κ2) is 12.9. The lowest BCUT2D eigenvalue weighted by molar-refractivity contribution is 0.0752. The van der Waals surface area contributed by atoms with Crippen molar-refractivity contribution >= 4 is 31.9 Å². The van der Waals surface area contributed by atoms with Gasteiger partial charge in [-0.1, -0.05) is 48.9 Å². The van der Waals surface area contributed by atoms with Crippen LogP contribution in [0.25, 0.3) is 0 Å². The van der Waals surface area contributed by atoms with Crippen LogP contribution in [0.1, 0.15) is 64.9 Å². The molecule has 0 unspecified atom stereocenters. The number of amides is 1. The Hall–Kier alpha value is -2.68. The summed E-state index contributed by atoms with van der Waals surface area (Å²) in [5.74, 6) is 1.17. The number of nitrogens with zero attached hydrogens (tertiary/aromatic N) is 2. The van der Waals surface area contributed by atoms with Crippen molar-refractivity contribution in [2.75, 3.05) is 19.6 Å². The molecule has 214 valence electrons. The monoisotopic (exact) mass is 626 g/mol. The molecule has 1 heterocycles. The van der Waals surface area contributed by atoms with Crippen LogP contribution in [0.15, 0.2) is 64.0 Å². The first-order chi connectivity index (χ1) is 19.0. The second-order valence-electron chi connectivity index (χ2n) is 10.9. The molecule has 1 aliphatic rings. The summed E-state index contributed by atoms with van der Waals surface area (Å²) in [6, 6.07) is 17.3. The summed E-state index contributed by atoms with van der Waals surface area (Å²) in [5.41, 5.74) is 5.71. The van der Waals surface area contributed by atoms with Gasteiger partial charge in [-0.2, -0.15) is 4.31 Å². The van der Waals surface area contributed by atoms with E-state index in [0.29, 0.717) is 48.7 Å². The average Bonchev–Trinajstić information content (AvgIpc) is 2.91. The van der Waals surface area contributed by atoms with Gasteiger partial charge in [0.05, 0.1) is 4.90 Å². The van der Waals surface area contributed by atoms with E-state index in [1.165, 1.54) is 15.9 Å². The zero-order valence-electron chi connectivity index (χ0n) is 24.0. The molecule has 0 radical (unpaired) electrons. The van der Waals surface area contributed by atoms with Crippen LogP contribution in [-0.2, 0) is 23.2 Å². The highest BCUT2D eigenvalue weighted by atomic mass is 79.9. The first-order valence-corrected chi connectivity index (χ1v) is 16.1. The van der Waals surface area contributed by atoms with E-state index in [1.54, 1.807) is 17.0 Å². The lowest BCUT2D eigenvalue weighted by Crippen LogP contribution is -2.38. The molecule has 40 heavy (non-hydrogen) atoms. The topological polar surface area (TPSA) is 66.9 Å². The number of ether oxygens (including phenoxy) is 1. The van der Waals surface area contributed by atoms with Crippen LogP contribution in [0.5, 0.6) is 5.75 Å². The van der Waals surface area contributed by atoms with Crippen molar-refractivity contribution in [2.24, 2.45) is 5.92 Å². The van der Waals surface area contributed by atoms with Crippen molar-refractivity contribution in [1.82, 2.24) is 9.21 Å². The van der Waals surface area contributed by atoms with Crippen molar-refractivity contribution in [2.45, 2.75) is 65.5 Å². The molecular weight excluding hydrogens is 588 g/mol. The SMILES string of the molecule is CCN(Cc1cc(C)c(OCc2cccc(C)c2)c(C)c1)C(=O)c1ccc(Br)c(S(=O)(=O)N2CCC(C)CC2)c1. The predicted molar refractivity (Wildman–Crippen MR) is 163 cm³/mol. The maximum atomic E-state index is 13.6. The first kappa shape index (κ1) is 30.3. The van der Waals surface area contributed by atoms with Gasteiger partial charge in [0.2, 0.25) is 10.0 Å². The van der Waals surface area contributed by atoms with Crippen LogP contribution in [-0.4, -0.2) is 43.2 Å². The molecular formula is C32H39BrN2O4S. The van der Waals surface area contributed by atoms with Gasteiger partial charge in [-0.25, -0.2) is 8.42 Å². The molecule has 1 aliphatic heterocycles. The van der Waals surface area contributed by atoms with E-state index >= 15 is 0 Å². The fourth-order valence-corrected chi connectivity index (χ4v) is 7.67. The number of benzene rings is 3. The Morgan fingerprint density at radius 2 is 1.68 bits per heavy atom. The molecule has 3 aromatic carbocycles. The minimum Gasteiger partial charge on any atom is -0.488 e. The van der Waals surface area contributed by atoms with Crippen molar-refractivity contribution in [3.63, 3.8) is 0 Å². The van der Waals surface area contributed by atoms with Crippen LogP contribution in [0.3, 0.4) is 0 Å². The Morgan fingerprint density at radius 1 is 1.00 bits per heavy atom. The van der Waals surface area contributed by atoms with Crippen LogP contribution >= 0.6 is 15.9 Å². The van der Waals surface area contributed by atoms with Crippen LogP contribution in [0.2, 0.25) is 0 Å². The highest BCUT2D eigenvalue weighted by Crippen LogP contribution is 2.31. The van der Waals surface area contributed by atoms with E-state index in [9.17, 15) is 13.2 Å². The van der Waals surface area contributed by atoms with E-state index in [2.05, 4.69) is 60.1 Å². The maximum absolute atomic E-state index is 13.6. The molecule has 0 aromatic heterocycles. The third kappa shape index (κ3) is 6.96. The van der Waals surface area contributed by atoms with Gasteiger partial charge in [0, 0.05) is 36.2 Å². The number of sulfonamides is 1. The number of hydrogen-bond acceptors (Lipinski definition) is 4. The molecule has 0 atom stereocenters.